The van der Waals surface area contributed by atoms with E-state index in [9.17, 15) is 4.79 Å². The molecule has 1 amide bonds. The van der Waals surface area contributed by atoms with E-state index in [1.54, 1.807) is 6.07 Å². The zero-order chi connectivity index (χ0) is 11.5. The molecular weight excluding hydrogens is 204 g/mol. The summed E-state index contributed by atoms with van der Waals surface area (Å²) in [7, 11) is 0. The molecule has 5 nitrogen and oxygen atoms in total. The van der Waals surface area contributed by atoms with Crippen molar-refractivity contribution < 1.29 is 4.79 Å². The van der Waals surface area contributed by atoms with Crippen LogP contribution in [0.15, 0.2) is 12.3 Å². The number of hydrogen-bond acceptors (Lipinski definition) is 4. The summed E-state index contributed by atoms with van der Waals surface area (Å²) in [4.78, 5) is 15.4. The lowest BCUT2D eigenvalue weighted by atomic mass is 10.2. The monoisotopic (exact) mass is 220 g/mol. The first-order valence-corrected chi connectivity index (χ1v) is 5.48. The average molecular weight is 220 g/mol. The molecule has 0 aliphatic heterocycles. The maximum Gasteiger partial charge on any atom is 0.252 e. The fourth-order valence-electron chi connectivity index (χ4n) is 2.05. The molecule has 2 rings (SSSR count). The summed E-state index contributed by atoms with van der Waals surface area (Å²) in [6.07, 6.45) is 6.20. The SMILES string of the molecule is NC(=O)c1cc(N)cnc1NC1CCCC1. The largest absolute Gasteiger partial charge is 0.397 e. The molecule has 5 N–H and O–H groups in total. The molecule has 0 spiro atoms. The Kier molecular flexibility index (Phi) is 2.94. The maximum atomic E-state index is 11.2. The highest BCUT2D eigenvalue weighted by Gasteiger charge is 2.18. The zero-order valence-corrected chi connectivity index (χ0v) is 9.07. The molecule has 0 bridgehead atoms. The van der Waals surface area contributed by atoms with E-state index in [0.717, 1.165) is 12.8 Å². The molecule has 1 fully saturated rings. The molecule has 86 valence electrons. The lowest BCUT2D eigenvalue weighted by Crippen LogP contribution is -2.21. The molecule has 1 saturated carbocycles. The van der Waals surface area contributed by atoms with Crippen molar-refractivity contribution in [1.29, 1.82) is 0 Å². The Bertz CT molecular complexity index is 399. The lowest BCUT2D eigenvalue weighted by Gasteiger charge is -2.14. The van der Waals surface area contributed by atoms with Crippen LogP contribution in [0.4, 0.5) is 11.5 Å². The molecule has 1 aliphatic rings. The number of anilines is 2. The van der Waals surface area contributed by atoms with Crippen molar-refractivity contribution in [1.82, 2.24) is 4.98 Å². The Morgan fingerprint density at radius 2 is 2.12 bits per heavy atom. The number of hydrogen-bond donors (Lipinski definition) is 3. The predicted molar refractivity (Wildman–Crippen MR) is 63.0 cm³/mol. The molecular formula is C11H16N4O. The van der Waals surface area contributed by atoms with Crippen LogP contribution in [-0.4, -0.2) is 16.9 Å². The molecule has 1 heterocycles. The summed E-state index contributed by atoms with van der Waals surface area (Å²) in [6.45, 7) is 0. The highest BCUT2D eigenvalue weighted by atomic mass is 16.1. The molecule has 1 aromatic heterocycles. The van der Waals surface area contributed by atoms with E-state index >= 15 is 0 Å². The fourth-order valence-corrected chi connectivity index (χ4v) is 2.05. The smallest absolute Gasteiger partial charge is 0.252 e. The summed E-state index contributed by atoms with van der Waals surface area (Å²) >= 11 is 0. The van der Waals surface area contributed by atoms with Crippen molar-refractivity contribution in [2.24, 2.45) is 5.73 Å². The van der Waals surface area contributed by atoms with Crippen molar-refractivity contribution in [3.8, 4) is 0 Å². The van der Waals surface area contributed by atoms with Crippen LogP contribution >= 0.6 is 0 Å². The number of nitrogens with two attached hydrogens (primary N) is 2. The van der Waals surface area contributed by atoms with E-state index in [1.165, 1.54) is 19.0 Å². The van der Waals surface area contributed by atoms with Crippen LogP contribution in [0.2, 0.25) is 0 Å². The number of primary amides is 1. The van der Waals surface area contributed by atoms with E-state index in [-0.39, 0.29) is 0 Å². The lowest BCUT2D eigenvalue weighted by molar-refractivity contribution is 0.100. The van der Waals surface area contributed by atoms with Gasteiger partial charge in [-0.3, -0.25) is 4.79 Å². The van der Waals surface area contributed by atoms with Crippen LogP contribution in [0.1, 0.15) is 36.0 Å². The molecule has 5 heteroatoms. The minimum Gasteiger partial charge on any atom is -0.397 e. The van der Waals surface area contributed by atoms with Crippen LogP contribution in [0.5, 0.6) is 0 Å². The summed E-state index contributed by atoms with van der Waals surface area (Å²) in [5, 5.41) is 3.25. The number of nitrogen functional groups attached to an aromatic ring is 1. The third-order valence-corrected chi connectivity index (χ3v) is 2.87. The van der Waals surface area contributed by atoms with Crippen LogP contribution in [-0.2, 0) is 0 Å². The predicted octanol–water partition coefficient (Wildman–Crippen LogP) is 1.12. The summed E-state index contributed by atoms with van der Waals surface area (Å²) in [6, 6.07) is 1.96. The summed E-state index contributed by atoms with van der Waals surface area (Å²) in [5.41, 5.74) is 11.7. The van der Waals surface area contributed by atoms with Gasteiger partial charge in [-0.15, -0.1) is 0 Å². The first kappa shape index (κ1) is 10.7. The van der Waals surface area contributed by atoms with Crippen LogP contribution < -0.4 is 16.8 Å². The number of pyridine rings is 1. The van der Waals surface area contributed by atoms with Gasteiger partial charge in [0.25, 0.3) is 5.91 Å². The van der Waals surface area contributed by atoms with Gasteiger partial charge in [0.15, 0.2) is 0 Å². The van der Waals surface area contributed by atoms with Crippen LogP contribution in [0.25, 0.3) is 0 Å². The van der Waals surface area contributed by atoms with Gasteiger partial charge in [0.05, 0.1) is 17.4 Å². The van der Waals surface area contributed by atoms with Gasteiger partial charge < -0.3 is 16.8 Å². The number of rotatable bonds is 3. The molecule has 0 unspecified atom stereocenters. The Hall–Kier alpha value is -1.78. The highest BCUT2D eigenvalue weighted by Crippen LogP contribution is 2.23. The summed E-state index contributed by atoms with van der Waals surface area (Å²) < 4.78 is 0. The van der Waals surface area contributed by atoms with Crippen LogP contribution in [0, 0.1) is 0 Å². The van der Waals surface area contributed by atoms with Gasteiger partial charge in [0, 0.05) is 6.04 Å². The van der Waals surface area contributed by atoms with Gasteiger partial charge in [-0.05, 0) is 18.9 Å². The first-order chi connectivity index (χ1) is 7.66. The van der Waals surface area contributed by atoms with E-state index in [0.29, 0.717) is 23.1 Å². The number of carbonyl (C=O) groups excluding carboxylic acids is 1. The van der Waals surface area contributed by atoms with Gasteiger partial charge in [-0.2, -0.15) is 0 Å². The van der Waals surface area contributed by atoms with Crippen molar-refractivity contribution in [2.45, 2.75) is 31.7 Å². The second kappa shape index (κ2) is 4.38. The molecule has 16 heavy (non-hydrogen) atoms. The van der Waals surface area contributed by atoms with Gasteiger partial charge in [0.1, 0.15) is 5.82 Å². The third kappa shape index (κ3) is 2.24. The molecule has 0 saturated heterocycles. The maximum absolute atomic E-state index is 11.2. The number of carbonyl (C=O) groups is 1. The normalized spacial score (nSPS) is 16.2. The quantitative estimate of drug-likeness (QED) is 0.711. The standard InChI is InChI=1S/C11H16N4O/c12-7-5-9(10(13)16)11(14-6-7)15-8-3-1-2-4-8/h5-6,8H,1-4,12H2,(H2,13,16)(H,14,15). The van der Waals surface area contributed by atoms with E-state index < -0.39 is 5.91 Å². The van der Waals surface area contributed by atoms with Crippen molar-refractivity contribution in [3.05, 3.63) is 17.8 Å². The van der Waals surface area contributed by atoms with Crippen molar-refractivity contribution in [2.75, 3.05) is 11.1 Å². The van der Waals surface area contributed by atoms with Gasteiger partial charge >= 0.3 is 0 Å². The number of aromatic nitrogens is 1. The van der Waals surface area contributed by atoms with E-state index in [4.69, 9.17) is 11.5 Å². The van der Waals surface area contributed by atoms with E-state index in [2.05, 4.69) is 10.3 Å². The second-order valence-corrected chi connectivity index (χ2v) is 4.15. The minimum atomic E-state index is -0.500. The first-order valence-electron chi connectivity index (χ1n) is 5.48. The Balaban J connectivity index is 2.21. The fraction of sp³-hybridized carbons (Fsp3) is 0.455. The Labute approximate surface area is 94.2 Å². The molecule has 0 radical (unpaired) electrons. The van der Waals surface area contributed by atoms with E-state index in [1.807, 2.05) is 0 Å². The van der Waals surface area contributed by atoms with Crippen molar-refractivity contribution in [3.63, 3.8) is 0 Å². The zero-order valence-electron chi connectivity index (χ0n) is 9.07. The Morgan fingerprint density at radius 1 is 1.44 bits per heavy atom. The molecule has 1 aromatic rings. The second-order valence-electron chi connectivity index (χ2n) is 4.15. The average Bonchev–Trinajstić information content (AvgIpc) is 2.73. The van der Waals surface area contributed by atoms with Gasteiger partial charge in [-0.25, -0.2) is 4.98 Å². The number of nitrogens with one attached hydrogen (secondary N) is 1. The number of amides is 1. The van der Waals surface area contributed by atoms with Crippen LogP contribution in [0.3, 0.4) is 0 Å². The third-order valence-electron chi connectivity index (χ3n) is 2.87. The van der Waals surface area contributed by atoms with Gasteiger partial charge in [0.2, 0.25) is 0 Å². The molecule has 0 atom stereocenters. The highest BCUT2D eigenvalue weighted by molar-refractivity contribution is 5.98. The van der Waals surface area contributed by atoms with Crippen molar-refractivity contribution >= 4 is 17.4 Å². The van der Waals surface area contributed by atoms with Gasteiger partial charge in [-0.1, -0.05) is 12.8 Å². The number of nitrogens with zero attached hydrogens (tertiary/aromatic N) is 1. The Morgan fingerprint density at radius 3 is 2.75 bits per heavy atom. The molecule has 0 aromatic carbocycles. The topological polar surface area (TPSA) is 94.0 Å². The molecule has 1 aliphatic carbocycles. The minimum absolute atomic E-state index is 0.367. The summed E-state index contributed by atoms with van der Waals surface area (Å²) in [5.74, 6) is 0.0499.